The van der Waals surface area contributed by atoms with E-state index in [1.807, 2.05) is 0 Å². The minimum absolute atomic E-state index is 0.121. The number of rotatable bonds is 2. The Balaban J connectivity index is 2.16. The number of benzene rings is 1. The van der Waals surface area contributed by atoms with Gasteiger partial charge in [-0.25, -0.2) is 9.59 Å². The van der Waals surface area contributed by atoms with Crippen LogP contribution in [0.1, 0.15) is 16.8 Å². The minimum Gasteiger partial charge on any atom is -0.478 e. The highest BCUT2D eigenvalue weighted by Gasteiger charge is 2.26. The van der Waals surface area contributed by atoms with E-state index >= 15 is 0 Å². The molecule has 7 nitrogen and oxygen atoms in total. The van der Waals surface area contributed by atoms with Gasteiger partial charge >= 0.3 is 12.0 Å². The number of nitrogens with one attached hydrogen (secondary N) is 1. The van der Waals surface area contributed by atoms with Crippen molar-refractivity contribution in [2.24, 2.45) is 0 Å². The van der Waals surface area contributed by atoms with Crippen molar-refractivity contribution in [3.63, 3.8) is 0 Å². The monoisotopic (exact) mass is 285 g/mol. The molecule has 1 fully saturated rings. The van der Waals surface area contributed by atoms with Crippen LogP contribution in [0.3, 0.4) is 0 Å². The maximum atomic E-state index is 11.9. The molecule has 1 aromatic carbocycles. The third-order valence-electron chi connectivity index (χ3n) is 3.37. The molecule has 1 aliphatic rings. The van der Waals surface area contributed by atoms with Crippen LogP contribution in [0, 0.1) is 0 Å². The second-order valence-corrected chi connectivity index (χ2v) is 4.61. The average molecular weight is 285 g/mol. The summed E-state index contributed by atoms with van der Waals surface area (Å²) in [6.45, 7) is 0.258. The van der Waals surface area contributed by atoms with Crippen molar-refractivity contribution < 1.29 is 19.5 Å². The Labute approximate surface area is 119 Å². The second kappa shape index (κ2) is 4.86. The third-order valence-corrected chi connectivity index (χ3v) is 3.37. The molecule has 0 saturated carbocycles. The number of carboxylic acids is 1. The molecule has 2 aromatic rings. The van der Waals surface area contributed by atoms with E-state index in [1.165, 1.54) is 23.4 Å². The quantitative estimate of drug-likeness (QED) is 0.868. The van der Waals surface area contributed by atoms with Crippen LogP contribution in [-0.4, -0.2) is 34.5 Å². The summed E-state index contributed by atoms with van der Waals surface area (Å²) in [4.78, 5) is 39.7. The molecule has 7 heteroatoms. The van der Waals surface area contributed by atoms with Gasteiger partial charge in [-0.1, -0.05) is 0 Å². The number of nitrogens with zero attached hydrogens (tertiary/aromatic N) is 2. The van der Waals surface area contributed by atoms with Crippen molar-refractivity contribution in [3.8, 4) is 0 Å². The number of carbonyl (C=O) groups excluding carboxylic acids is 2. The molecule has 2 N–H and O–H groups in total. The van der Waals surface area contributed by atoms with Gasteiger partial charge in [0.05, 0.1) is 11.3 Å². The lowest BCUT2D eigenvalue weighted by molar-refractivity contribution is -0.120. The molecule has 2 heterocycles. The number of hydrogen-bond donors (Lipinski definition) is 2. The first kappa shape index (κ1) is 13.0. The summed E-state index contributed by atoms with van der Waals surface area (Å²) in [6, 6.07) is 4.15. The predicted octanol–water partition coefficient (Wildman–Crippen LogP) is 1.38. The van der Waals surface area contributed by atoms with Gasteiger partial charge in [-0.05, 0) is 18.2 Å². The van der Waals surface area contributed by atoms with Gasteiger partial charge in [0, 0.05) is 36.1 Å². The lowest BCUT2D eigenvalue weighted by Crippen LogP contribution is -2.49. The number of fused-ring (bicyclic) bond motifs is 1. The molecule has 3 amide bonds. The largest absolute Gasteiger partial charge is 0.478 e. The van der Waals surface area contributed by atoms with Crippen LogP contribution in [0.5, 0.6) is 0 Å². The second-order valence-electron chi connectivity index (χ2n) is 4.61. The van der Waals surface area contributed by atoms with E-state index in [0.29, 0.717) is 16.5 Å². The lowest BCUT2D eigenvalue weighted by atomic mass is 10.0. The van der Waals surface area contributed by atoms with Gasteiger partial charge in [0.2, 0.25) is 5.91 Å². The summed E-state index contributed by atoms with van der Waals surface area (Å²) >= 11 is 0. The fraction of sp³-hybridized carbons (Fsp3) is 0.143. The molecule has 0 spiro atoms. The first-order valence-corrected chi connectivity index (χ1v) is 6.29. The highest BCUT2D eigenvalue weighted by atomic mass is 16.4. The van der Waals surface area contributed by atoms with E-state index in [2.05, 4.69) is 10.3 Å². The molecular weight excluding hydrogens is 274 g/mol. The van der Waals surface area contributed by atoms with Crippen LogP contribution in [0.25, 0.3) is 10.8 Å². The number of carboxylic acid groups (broad SMARTS) is 1. The fourth-order valence-electron chi connectivity index (χ4n) is 2.39. The topological polar surface area (TPSA) is 99.6 Å². The molecule has 0 bridgehead atoms. The van der Waals surface area contributed by atoms with Gasteiger partial charge in [0.25, 0.3) is 0 Å². The Morgan fingerprint density at radius 2 is 2.05 bits per heavy atom. The Kier molecular flexibility index (Phi) is 3.02. The first-order valence-electron chi connectivity index (χ1n) is 6.29. The molecule has 0 radical (unpaired) electrons. The lowest BCUT2D eigenvalue weighted by Gasteiger charge is -2.27. The van der Waals surface area contributed by atoms with Crippen molar-refractivity contribution in [3.05, 3.63) is 36.2 Å². The van der Waals surface area contributed by atoms with Gasteiger partial charge in [-0.3, -0.25) is 20.0 Å². The zero-order valence-corrected chi connectivity index (χ0v) is 10.9. The van der Waals surface area contributed by atoms with Crippen molar-refractivity contribution in [1.29, 1.82) is 0 Å². The zero-order valence-electron chi connectivity index (χ0n) is 10.9. The van der Waals surface area contributed by atoms with Crippen LogP contribution in [0.2, 0.25) is 0 Å². The van der Waals surface area contributed by atoms with E-state index in [-0.39, 0.29) is 24.4 Å². The summed E-state index contributed by atoms with van der Waals surface area (Å²) in [5.74, 6) is -1.37. The Morgan fingerprint density at radius 3 is 2.76 bits per heavy atom. The molecule has 0 atom stereocenters. The van der Waals surface area contributed by atoms with Crippen LogP contribution in [-0.2, 0) is 4.79 Å². The van der Waals surface area contributed by atoms with Gasteiger partial charge < -0.3 is 5.11 Å². The van der Waals surface area contributed by atoms with Gasteiger partial charge in [-0.2, -0.15) is 0 Å². The van der Waals surface area contributed by atoms with Crippen molar-refractivity contribution in [2.75, 3.05) is 11.4 Å². The van der Waals surface area contributed by atoms with Crippen LogP contribution < -0.4 is 10.2 Å². The van der Waals surface area contributed by atoms with Crippen molar-refractivity contribution in [1.82, 2.24) is 10.3 Å². The molecule has 0 unspecified atom stereocenters. The van der Waals surface area contributed by atoms with Gasteiger partial charge in [0.15, 0.2) is 0 Å². The van der Waals surface area contributed by atoms with Crippen molar-refractivity contribution in [2.45, 2.75) is 6.42 Å². The van der Waals surface area contributed by atoms with Gasteiger partial charge in [0.1, 0.15) is 0 Å². The number of amides is 3. The molecule has 21 heavy (non-hydrogen) atoms. The number of carbonyl (C=O) groups is 3. The molecular formula is C14H11N3O4. The van der Waals surface area contributed by atoms with Crippen LogP contribution in [0.15, 0.2) is 30.6 Å². The predicted molar refractivity (Wildman–Crippen MR) is 74.2 cm³/mol. The molecule has 0 aliphatic carbocycles. The Hall–Kier alpha value is -2.96. The number of aromatic carboxylic acids is 1. The molecule has 3 rings (SSSR count). The minimum atomic E-state index is -1.06. The van der Waals surface area contributed by atoms with Crippen LogP contribution in [0.4, 0.5) is 10.5 Å². The van der Waals surface area contributed by atoms with Gasteiger partial charge in [-0.15, -0.1) is 0 Å². The van der Waals surface area contributed by atoms with Crippen LogP contribution >= 0.6 is 0 Å². The summed E-state index contributed by atoms with van der Waals surface area (Å²) < 4.78 is 0. The summed E-state index contributed by atoms with van der Waals surface area (Å²) in [6.07, 6.45) is 3.19. The number of hydrogen-bond acceptors (Lipinski definition) is 4. The third kappa shape index (κ3) is 2.18. The molecule has 1 aliphatic heterocycles. The number of urea groups is 1. The summed E-state index contributed by atoms with van der Waals surface area (Å²) in [7, 11) is 0. The van der Waals surface area contributed by atoms with E-state index in [1.54, 1.807) is 12.1 Å². The van der Waals surface area contributed by atoms with E-state index in [4.69, 9.17) is 0 Å². The Bertz CT molecular complexity index is 772. The number of aromatic nitrogens is 1. The maximum Gasteiger partial charge on any atom is 0.336 e. The highest BCUT2D eigenvalue weighted by molar-refractivity contribution is 6.13. The average Bonchev–Trinajstić information content (AvgIpc) is 2.46. The molecule has 106 valence electrons. The SMILES string of the molecule is O=C1CCN(c2ccc(C(=O)O)c3cnccc23)C(=O)N1. The normalized spacial score (nSPS) is 15.1. The maximum absolute atomic E-state index is 11.9. The van der Waals surface area contributed by atoms with E-state index in [9.17, 15) is 19.5 Å². The highest BCUT2D eigenvalue weighted by Crippen LogP contribution is 2.30. The fourth-order valence-corrected chi connectivity index (χ4v) is 2.39. The summed E-state index contributed by atoms with van der Waals surface area (Å²) in [5, 5.41) is 12.5. The van der Waals surface area contributed by atoms with E-state index in [0.717, 1.165) is 0 Å². The number of pyridine rings is 1. The molecule has 1 aromatic heterocycles. The first-order chi connectivity index (χ1) is 10.1. The number of anilines is 1. The summed E-state index contributed by atoms with van der Waals surface area (Å²) in [5.41, 5.74) is 0.678. The zero-order chi connectivity index (χ0) is 15.0. The standard InChI is InChI=1S/C14H11N3O4/c18-12-4-6-17(14(21)16-12)11-2-1-9(13(19)20)10-7-15-5-3-8(10)11/h1-3,5,7H,4,6H2,(H,19,20)(H,16,18,21). The van der Waals surface area contributed by atoms with E-state index < -0.39 is 12.0 Å². The Morgan fingerprint density at radius 1 is 1.24 bits per heavy atom. The smallest absolute Gasteiger partial charge is 0.336 e. The number of imide groups is 1. The van der Waals surface area contributed by atoms with Crippen molar-refractivity contribution >= 4 is 34.4 Å². The molecule has 1 saturated heterocycles.